The van der Waals surface area contributed by atoms with Gasteiger partial charge >= 0.3 is 0 Å². The normalized spacial score (nSPS) is 15.8. The first-order chi connectivity index (χ1) is 8.66. The number of rotatable bonds is 3. The molecule has 1 aromatic carbocycles. The fourth-order valence-corrected chi connectivity index (χ4v) is 2.50. The van der Waals surface area contributed by atoms with Gasteiger partial charge < -0.3 is 4.90 Å². The van der Waals surface area contributed by atoms with Crippen LogP contribution in [0.25, 0.3) is 5.57 Å². The van der Waals surface area contributed by atoms with E-state index < -0.39 is 0 Å². The highest BCUT2D eigenvalue weighted by atomic mass is 79.9. The largest absolute Gasteiger partial charge is 0.369 e. The van der Waals surface area contributed by atoms with Gasteiger partial charge in [0, 0.05) is 24.1 Å². The summed E-state index contributed by atoms with van der Waals surface area (Å²) >= 11 is 3.55. The second-order valence-electron chi connectivity index (χ2n) is 4.84. The van der Waals surface area contributed by atoms with Gasteiger partial charge in [0.25, 0.3) is 0 Å². The summed E-state index contributed by atoms with van der Waals surface area (Å²) < 4.78 is 1.12. The molecular weight excluding hydrogens is 288 g/mol. The van der Waals surface area contributed by atoms with E-state index in [4.69, 9.17) is 0 Å². The molecule has 2 nitrogen and oxygen atoms in total. The first-order valence-corrected chi connectivity index (χ1v) is 7.15. The van der Waals surface area contributed by atoms with Crippen LogP contribution < -0.4 is 0 Å². The van der Waals surface area contributed by atoms with Crippen molar-refractivity contribution >= 4 is 33.5 Å². The van der Waals surface area contributed by atoms with Crippen molar-refractivity contribution < 1.29 is 0 Å². The molecule has 0 bridgehead atoms. The summed E-state index contributed by atoms with van der Waals surface area (Å²) in [6.07, 6.45) is 9.18. The maximum absolute atomic E-state index is 4.56. The fourth-order valence-electron chi connectivity index (χ4n) is 2.14. The molecule has 1 aromatic rings. The summed E-state index contributed by atoms with van der Waals surface area (Å²) in [5.74, 6) is 0. The van der Waals surface area contributed by atoms with Gasteiger partial charge in [0.1, 0.15) is 0 Å². The van der Waals surface area contributed by atoms with Gasteiger partial charge in [-0.25, -0.2) is 4.99 Å². The second kappa shape index (κ2) is 6.19. The summed E-state index contributed by atoms with van der Waals surface area (Å²) in [5.41, 5.74) is 3.76. The Morgan fingerprint density at radius 1 is 1.28 bits per heavy atom. The number of halogens is 1. The molecule has 0 aliphatic heterocycles. The highest BCUT2D eigenvalue weighted by Gasteiger charge is 2.10. The monoisotopic (exact) mass is 306 g/mol. The molecule has 0 unspecified atom stereocenters. The van der Waals surface area contributed by atoms with E-state index in [1.165, 1.54) is 36.8 Å². The smallest absolute Gasteiger partial charge is 0.0907 e. The van der Waals surface area contributed by atoms with Crippen molar-refractivity contribution in [1.82, 2.24) is 4.90 Å². The van der Waals surface area contributed by atoms with Gasteiger partial charge in [-0.2, -0.15) is 0 Å². The van der Waals surface area contributed by atoms with Gasteiger partial charge in [-0.3, -0.25) is 0 Å². The lowest BCUT2D eigenvalue weighted by Crippen LogP contribution is -2.07. The van der Waals surface area contributed by atoms with E-state index in [-0.39, 0.29) is 0 Å². The van der Waals surface area contributed by atoms with Crippen LogP contribution in [0.3, 0.4) is 0 Å². The molecule has 0 radical (unpaired) electrons. The Balaban J connectivity index is 2.37. The van der Waals surface area contributed by atoms with Gasteiger partial charge in [-0.05, 0) is 49.5 Å². The molecule has 0 atom stereocenters. The van der Waals surface area contributed by atoms with Crippen molar-refractivity contribution in [3.05, 3.63) is 34.3 Å². The highest BCUT2D eigenvalue weighted by molar-refractivity contribution is 9.10. The molecule has 0 N–H and O–H groups in total. The molecule has 0 heterocycles. The van der Waals surface area contributed by atoms with E-state index in [0.717, 1.165) is 10.2 Å². The van der Waals surface area contributed by atoms with Crippen molar-refractivity contribution in [3.63, 3.8) is 0 Å². The average Bonchev–Trinajstić information content (AvgIpc) is 2.38. The summed E-state index contributed by atoms with van der Waals surface area (Å²) in [7, 11) is 3.98. The van der Waals surface area contributed by atoms with E-state index in [1.807, 2.05) is 25.3 Å². The first kappa shape index (κ1) is 13.3. The quantitative estimate of drug-likeness (QED) is 0.587. The Morgan fingerprint density at radius 3 is 2.78 bits per heavy atom. The predicted molar refractivity (Wildman–Crippen MR) is 82.4 cm³/mol. The first-order valence-electron chi connectivity index (χ1n) is 6.36. The molecule has 1 aliphatic rings. The molecule has 1 aliphatic carbocycles. The van der Waals surface area contributed by atoms with E-state index in [2.05, 4.69) is 45.2 Å². The SMILES string of the molecule is CN(C)C=Nc1ccc(Br)cc1C1=CCCCC1. The lowest BCUT2D eigenvalue weighted by Gasteiger charge is -2.15. The Kier molecular flexibility index (Phi) is 4.59. The lowest BCUT2D eigenvalue weighted by molar-refractivity contribution is 0.643. The average molecular weight is 307 g/mol. The maximum atomic E-state index is 4.56. The number of hydrogen-bond acceptors (Lipinski definition) is 1. The molecule has 0 saturated carbocycles. The maximum Gasteiger partial charge on any atom is 0.0907 e. The van der Waals surface area contributed by atoms with Crippen LogP contribution in [0, 0.1) is 0 Å². The molecule has 2 rings (SSSR count). The second-order valence-corrected chi connectivity index (χ2v) is 5.76. The highest BCUT2D eigenvalue weighted by Crippen LogP contribution is 2.34. The summed E-state index contributed by atoms with van der Waals surface area (Å²) in [4.78, 5) is 6.52. The summed E-state index contributed by atoms with van der Waals surface area (Å²) in [5, 5.41) is 0. The van der Waals surface area contributed by atoms with Gasteiger partial charge in [-0.15, -0.1) is 0 Å². The minimum atomic E-state index is 1.06. The van der Waals surface area contributed by atoms with Crippen LogP contribution in [0.4, 0.5) is 5.69 Å². The van der Waals surface area contributed by atoms with Crippen LogP contribution in [0.1, 0.15) is 31.2 Å². The minimum absolute atomic E-state index is 1.06. The molecule has 0 spiro atoms. The standard InChI is InChI=1S/C15H19BrN2/c1-18(2)11-17-15-9-8-13(16)10-14(15)12-6-4-3-5-7-12/h6,8-11H,3-5,7H2,1-2H3. The molecule has 3 heteroatoms. The zero-order valence-corrected chi connectivity index (χ0v) is 12.6. The Bertz CT molecular complexity index is 475. The topological polar surface area (TPSA) is 15.6 Å². The number of aliphatic imine (C=N–C) groups is 1. The molecule has 0 saturated heterocycles. The van der Waals surface area contributed by atoms with Crippen LogP contribution in [0.5, 0.6) is 0 Å². The Hall–Kier alpha value is -1.09. The fraction of sp³-hybridized carbons (Fsp3) is 0.400. The molecule has 0 fully saturated rings. The van der Waals surface area contributed by atoms with Crippen LogP contribution in [0.2, 0.25) is 0 Å². The van der Waals surface area contributed by atoms with Crippen molar-refractivity contribution in [2.45, 2.75) is 25.7 Å². The minimum Gasteiger partial charge on any atom is -0.369 e. The zero-order valence-electron chi connectivity index (χ0n) is 11.0. The van der Waals surface area contributed by atoms with Gasteiger partial charge in [0.2, 0.25) is 0 Å². The summed E-state index contributed by atoms with van der Waals surface area (Å²) in [6.45, 7) is 0. The Morgan fingerprint density at radius 2 is 2.11 bits per heavy atom. The van der Waals surface area contributed by atoms with Gasteiger partial charge in [-0.1, -0.05) is 22.0 Å². The molecule has 0 amide bonds. The number of nitrogens with zero attached hydrogens (tertiary/aromatic N) is 2. The van der Waals surface area contributed by atoms with E-state index in [0.29, 0.717) is 0 Å². The van der Waals surface area contributed by atoms with Gasteiger partial charge in [0.15, 0.2) is 0 Å². The number of benzene rings is 1. The molecule has 96 valence electrons. The van der Waals surface area contributed by atoms with Crippen LogP contribution >= 0.6 is 15.9 Å². The van der Waals surface area contributed by atoms with Crippen LogP contribution in [-0.4, -0.2) is 25.3 Å². The Labute approximate surface area is 118 Å². The lowest BCUT2D eigenvalue weighted by atomic mass is 9.93. The van der Waals surface area contributed by atoms with Crippen molar-refractivity contribution in [2.24, 2.45) is 4.99 Å². The zero-order chi connectivity index (χ0) is 13.0. The molecule has 18 heavy (non-hydrogen) atoms. The van der Waals surface area contributed by atoms with Crippen molar-refractivity contribution in [3.8, 4) is 0 Å². The molecular formula is C15H19BrN2. The van der Waals surface area contributed by atoms with Crippen LogP contribution in [0.15, 0.2) is 33.7 Å². The van der Waals surface area contributed by atoms with Crippen molar-refractivity contribution in [1.29, 1.82) is 0 Å². The number of hydrogen-bond donors (Lipinski definition) is 0. The third-order valence-corrected chi connectivity index (χ3v) is 3.52. The third-order valence-electron chi connectivity index (χ3n) is 3.02. The van der Waals surface area contributed by atoms with Gasteiger partial charge in [0.05, 0.1) is 12.0 Å². The van der Waals surface area contributed by atoms with E-state index >= 15 is 0 Å². The summed E-state index contributed by atoms with van der Waals surface area (Å²) in [6, 6.07) is 6.31. The number of allylic oxidation sites excluding steroid dienone is 2. The van der Waals surface area contributed by atoms with E-state index in [9.17, 15) is 0 Å². The third kappa shape index (κ3) is 3.45. The predicted octanol–water partition coefficient (Wildman–Crippen LogP) is 4.63. The van der Waals surface area contributed by atoms with E-state index in [1.54, 1.807) is 0 Å². The van der Waals surface area contributed by atoms with Crippen LogP contribution in [-0.2, 0) is 0 Å². The van der Waals surface area contributed by atoms with Crippen molar-refractivity contribution in [2.75, 3.05) is 14.1 Å². The molecule has 0 aromatic heterocycles.